The van der Waals surface area contributed by atoms with Crippen LogP contribution in [0.4, 0.5) is 5.69 Å². The lowest BCUT2D eigenvalue weighted by molar-refractivity contribution is 0.516. The molecule has 15 heavy (non-hydrogen) atoms. The Hall–Kier alpha value is -0.700. The summed E-state index contributed by atoms with van der Waals surface area (Å²) in [6, 6.07) is 3.82. The van der Waals surface area contributed by atoms with Crippen LogP contribution in [0.15, 0.2) is 18.3 Å². The first kappa shape index (κ1) is 10.8. The number of nitrogen functional groups attached to an aromatic ring is 1. The third-order valence-electron chi connectivity index (χ3n) is 2.86. The maximum absolute atomic E-state index is 5.72. The van der Waals surface area contributed by atoms with Gasteiger partial charge in [0.1, 0.15) is 0 Å². The van der Waals surface area contributed by atoms with Gasteiger partial charge < -0.3 is 5.73 Å². The van der Waals surface area contributed by atoms with E-state index in [0.717, 1.165) is 22.4 Å². The van der Waals surface area contributed by atoms with Crippen molar-refractivity contribution in [2.45, 2.75) is 43.1 Å². The molecule has 3 heteroatoms. The van der Waals surface area contributed by atoms with E-state index in [1.165, 1.54) is 32.1 Å². The van der Waals surface area contributed by atoms with E-state index in [-0.39, 0.29) is 0 Å². The fraction of sp³-hybridized carbons (Fsp3) is 0.583. The lowest BCUT2D eigenvalue weighted by atomic mass is 10.0. The molecule has 0 amide bonds. The molecule has 1 saturated carbocycles. The highest BCUT2D eigenvalue weighted by Gasteiger charge is 2.13. The van der Waals surface area contributed by atoms with Crippen LogP contribution in [0.1, 0.15) is 37.8 Å². The molecule has 1 aliphatic carbocycles. The molecular formula is C12H18N2S. The minimum absolute atomic E-state index is 0.823. The lowest BCUT2D eigenvalue weighted by Gasteiger charge is -2.20. The molecule has 2 N–H and O–H groups in total. The van der Waals surface area contributed by atoms with E-state index in [1.807, 2.05) is 23.9 Å². The maximum Gasteiger partial charge on any atom is 0.0523 e. The molecule has 1 aliphatic rings. The Kier molecular flexibility index (Phi) is 3.89. The van der Waals surface area contributed by atoms with Crippen molar-refractivity contribution >= 4 is 17.4 Å². The van der Waals surface area contributed by atoms with Crippen molar-refractivity contribution in [3.8, 4) is 0 Å². The number of pyridine rings is 1. The van der Waals surface area contributed by atoms with Crippen LogP contribution in [0.2, 0.25) is 0 Å². The van der Waals surface area contributed by atoms with Crippen LogP contribution >= 0.6 is 11.8 Å². The van der Waals surface area contributed by atoms with Crippen molar-refractivity contribution in [3.05, 3.63) is 24.0 Å². The molecule has 0 spiro atoms. The van der Waals surface area contributed by atoms with Crippen molar-refractivity contribution in [3.63, 3.8) is 0 Å². The highest BCUT2D eigenvalue weighted by Crippen LogP contribution is 2.30. The predicted octanol–water partition coefficient (Wildman–Crippen LogP) is 3.23. The van der Waals surface area contributed by atoms with Gasteiger partial charge in [0, 0.05) is 22.9 Å². The Bertz CT molecular complexity index is 308. The Morgan fingerprint density at radius 2 is 2.13 bits per heavy atom. The molecule has 1 fully saturated rings. The third-order valence-corrected chi connectivity index (χ3v) is 4.26. The Labute approximate surface area is 95.7 Å². The van der Waals surface area contributed by atoms with Gasteiger partial charge in [-0.1, -0.05) is 19.3 Å². The molecule has 1 aromatic rings. The number of hydrogen-bond donors (Lipinski definition) is 1. The number of anilines is 1. The molecular weight excluding hydrogens is 204 g/mol. The van der Waals surface area contributed by atoms with Gasteiger partial charge in [0.15, 0.2) is 0 Å². The molecule has 1 heterocycles. The summed E-state index contributed by atoms with van der Waals surface area (Å²) in [7, 11) is 0. The van der Waals surface area contributed by atoms with Gasteiger partial charge in [0.05, 0.1) is 5.69 Å². The summed E-state index contributed by atoms with van der Waals surface area (Å²) in [4.78, 5) is 4.32. The summed E-state index contributed by atoms with van der Waals surface area (Å²) in [6.07, 6.45) is 8.80. The molecule has 1 aromatic heterocycles. The van der Waals surface area contributed by atoms with Gasteiger partial charge in [-0.25, -0.2) is 0 Å². The van der Waals surface area contributed by atoms with Gasteiger partial charge in [-0.2, -0.15) is 11.8 Å². The number of thioether (sulfide) groups is 1. The van der Waals surface area contributed by atoms with Crippen LogP contribution in [-0.2, 0) is 5.75 Å². The van der Waals surface area contributed by atoms with E-state index in [2.05, 4.69) is 4.98 Å². The smallest absolute Gasteiger partial charge is 0.0523 e. The van der Waals surface area contributed by atoms with Gasteiger partial charge in [0.25, 0.3) is 0 Å². The number of aromatic nitrogens is 1. The fourth-order valence-electron chi connectivity index (χ4n) is 2.01. The Morgan fingerprint density at radius 3 is 2.87 bits per heavy atom. The Balaban J connectivity index is 1.81. The highest BCUT2D eigenvalue weighted by molar-refractivity contribution is 7.99. The van der Waals surface area contributed by atoms with Crippen molar-refractivity contribution in [1.29, 1.82) is 0 Å². The van der Waals surface area contributed by atoms with E-state index in [0.29, 0.717) is 0 Å². The SMILES string of the molecule is Nc1ccnc(CSC2CCCCC2)c1. The van der Waals surface area contributed by atoms with Crippen molar-refractivity contribution in [2.75, 3.05) is 5.73 Å². The maximum atomic E-state index is 5.72. The first-order valence-electron chi connectivity index (χ1n) is 5.66. The molecule has 82 valence electrons. The number of nitrogens with zero attached hydrogens (tertiary/aromatic N) is 1. The molecule has 2 nitrogen and oxygen atoms in total. The second kappa shape index (κ2) is 5.40. The van der Waals surface area contributed by atoms with Crippen LogP contribution in [0.25, 0.3) is 0 Å². The van der Waals surface area contributed by atoms with Crippen LogP contribution in [-0.4, -0.2) is 10.2 Å². The summed E-state index contributed by atoms with van der Waals surface area (Å²) >= 11 is 2.04. The van der Waals surface area contributed by atoms with Crippen LogP contribution in [0.5, 0.6) is 0 Å². The van der Waals surface area contributed by atoms with Gasteiger partial charge in [-0.3, -0.25) is 4.98 Å². The van der Waals surface area contributed by atoms with Gasteiger partial charge in [0.2, 0.25) is 0 Å². The van der Waals surface area contributed by atoms with E-state index in [1.54, 1.807) is 6.20 Å². The quantitative estimate of drug-likeness (QED) is 0.853. The molecule has 0 radical (unpaired) electrons. The molecule has 0 atom stereocenters. The minimum atomic E-state index is 0.823. The zero-order valence-electron chi connectivity index (χ0n) is 8.98. The fourth-order valence-corrected chi connectivity index (χ4v) is 3.24. The molecule has 2 rings (SSSR count). The zero-order valence-corrected chi connectivity index (χ0v) is 9.80. The number of nitrogens with two attached hydrogens (primary N) is 1. The molecule has 0 saturated heterocycles. The summed E-state index contributed by atoms with van der Waals surface area (Å²) < 4.78 is 0. The topological polar surface area (TPSA) is 38.9 Å². The average molecular weight is 222 g/mol. The van der Waals surface area contributed by atoms with E-state index in [4.69, 9.17) is 5.73 Å². The van der Waals surface area contributed by atoms with Crippen LogP contribution in [0, 0.1) is 0 Å². The number of hydrogen-bond acceptors (Lipinski definition) is 3. The highest BCUT2D eigenvalue weighted by atomic mass is 32.2. The summed E-state index contributed by atoms with van der Waals surface area (Å²) in [5.74, 6) is 1.01. The van der Waals surface area contributed by atoms with Gasteiger partial charge in [-0.15, -0.1) is 0 Å². The predicted molar refractivity (Wildman–Crippen MR) is 66.8 cm³/mol. The summed E-state index contributed by atoms with van der Waals surface area (Å²) in [6.45, 7) is 0. The second-order valence-corrected chi connectivity index (χ2v) is 5.44. The largest absolute Gasteiger partial charge is 0.399 e. The Morgan fingerprint density at radius 1 is 1.33 bits per heavy atom. The molecule has 0 aromatic carbocycles. The zero-order chi connectivity index (χ0) is 10.5. The first-order chi connectivity index (χ1) is 7.34. The first-order valence-corrected chi connectivity index (χ1v) is 6.71. The van der Waals surface area contributed by atoms with Gasteiger partial charge in [-0.05, 0) is 25.0 Å². The molecule has 0 aliphatic heterocycles. The standard InChI is InChI=1S/C12H18N2S/c13-10-6-7-14-11(8-10)9-15-12-4-2-1-3-5-12/h6-8,12H,1-5,9H2,(H2,13,14). The van der Waals surface area contributed by atoms with E-state index in [9.17, 15) is 0 Å². The van der Waals surface area contributed by atoms with Crippen molar-refractivity contribution in [2.24, 2.45) is 0 Å². The minimum Gasteiger partial charge on any atom is -0.399 e. The molecule has 0 unspecified atom stereocenters. The molecule has 0 bridgehead atoms. The monoisotopic (exact) mass is 222 g/mol. The van der Waals surface area contributed by atoms with Crippen molar-refractivity contribution in [1.82, 2.24) is 4.98 Å². The lowest BCUT2D eigenvalue weighted by Crippen LogP contribution is -2.08. The van der Waals surface area contributed by atoms with Crippen LogP contribution < -0.4 is 5.73 Å². The van der Waals surface area contributed by atoms with E-state index >= 15 is 0 Å². The summed E-state index contributed by atoms with van der Waals surface area (Å²) in [5.41, 5.74) is 7.66. The van der Waals surface area contributed by atoms with Gasteiger partial charge >= 0.3 is 0 Å². The van der Waals surface area contributed by atoms with Crippen molar-refractivity contribution < 1.29 is 0 Å². The average Bonchev–Trinajstić information content (AvgIpc) is 2.28. The normalized spacial score (nSPS) is 17.9. The number of rotatable bonds is 3. The van der Waals surface area contributed by atoms with Crippen LogP contribution in [0.3, 0.4) is 0 Å². The second-order valence-electron chi connectivity index (χ2n) is 4.15. The third kappa shape index (κ3) is 3.42. The van der Waals surface area contributed by atoms with E-state index < -0.39 is 0 Å². The summed E-state index contributed by atoms with van der Waals surface area (Å²) in [5, 5.41) is 0.849.